The normalized spacial score (nSPS) is 15.8. The Balaban J connectivity index is 1.68. The van der Waals surface area contributed by atoms with Crippen molar-refractivity contribution in [3.05, 3.63) is 34.9 Å². The Morgan fingerprint density at radius 2 is 2.04 bits per heavy atom. The van der Waals surface area contributed by atoms with E-state index >= 15 is 0 Å². The Hall–Kier alpha value is -2.11. The second kappa shape index (κ2) is 8.06. The third-order valence-electron chi connectivity index (χ3n) is 5.29. The number of aromatic nitrogens is 4. The lowest BCUT2D eigenvalue weighted by molar-refractivity contribution is 0.0699. The van der Waals surface area contributed by atoms with Crippen LogP contribution in [0.1, 0.15) is 73.9 Å². The Kier molecular flexibility index (Phi) is 5.79. The van der Waals surface area contributed by atoms with Gasteiger partial charge >= 0.3 is 0 Å². The number of nitrogens with one attached hydrogen (secondary N) is 1. The minimum Gasteiger partial charge on any atom is -0.337 e. The van der Waals surface area contributed by atoms with Crippen molar-refractivity contribution in [2.75, 3.05) is 13.1 Å². The molecule has 3 rings (SSSR count). The van der Waals surface area contributed by atoms with Crippen LogP contribution in [0.3, 0.4) is 0 Å². The zero-order chi connectivity index (χ0) is 18.7. The maximum absolute atomic E-state index is 13.0. The highest BCUT2D eigenvalue weighted by atomic mass is 16.2. The molecule has 0 unspecified atom stereocenters. The first kappa shape index (κ1) is 18.7. The maximum atomic E-state index is 13.0. The SMILES string of the molecule is CCc1cn[nH]c1C1CCN(C(=O)c2cc(CC(C)C)nn2CC)CC1. The van der Waals surface area contributed by atoms with Crippen molar-refractivity contribution in [2.24, 2.45) is 5.92 Å². The zero-order valence-electron chi connectivity index (χ0n) is 16.5. The highest BCUT2D eigenvalue weighted by molar-refractivity contribution is 5.92. The van der Waals surface area contributed by atoms with Crippen LogP contribution in [0.2, 0.25) is 0 Å². The Morgan fingerprint density at radius 1 is 1.31 bits per heavy atom. The van der Waals surface area contributed by atoms with E-state index in [2.05, 4.69) is 36.1 Å². The number of hydrogen-bond donors (Lipinski definition) is 1. The number of piperidine rings is 1. The van der Waals surface area contributed by atoms with Crippen molar-refractivity contribution >= 4 is 5.91 Å². The van der Waals surface area contributed by atoms with Crippen LogP contribution in [-0.4, -0.2) is 43.9 Å². The molecule has 3 heterocycles. The van der Waals surface area contributed by atoms with Gasteiger partial charge in [0.2, 0.25) is 0 Å². The summed E-state index contributed by atoms with van der Waals surface area (Å²) in [5, 5.41) is 12.0. The number of carbonyl (C=O) groups is 1. The summed E-state index contributed by atoms with van der Waals surface area (Å²) in [7, 11) is 0. The molecule has 0 aromatic carbocycles. The van der Waals surface area contributed by atoms with E-state index in [0.717, 1.165) is 56.7 Å². The van der Waals surface area contributed by atoms with Crippen LogP contribution >= 0.6 is 0 Å². The largest absolute Gasteiger partial charge is 0.337 e. The van der Waals surface area contributed by atoms with E-state index in [0.29, 0.717) is 11.8 Å². The number of amides is 1. The van der Waals surface area contributed by atoms with Crippen LogP contribution < -0.4 is 0 Å². The number of aromatic amines is 1. The van der Waals surface area contributed by atoms with Gasteiger partial charge < -0.3 is 4.90 Å². The van der Waals surface area contributed by atoms with Crippen LogP contribution in [-0.2, 0) is 19.4 Å². The Bertz CT molecular complexity index is 737. The predicted octanol–water partition coefficient (Wildman–Crippen LogP) is 3.41. The number of rotatable bonds is 6. The topological polar surface area (TPSA) is 66.8 Å². The number of likely N-dealkylation sites (tertiary alicyclic amines) is 1. The molecule has 1 fully saturated rings. The molecule has 1 N–H and O–H groups in total. The van der Waals surface area contributed by atoms with Crippen molar-refractivity contribution in [2.45, 2.75) is 65.8 Å². The van der Waals surface area contributed by atoms with Crippen molar-refractivity contribution in [3.63, 3.8) is 0 Å². The van der Waals surface area contributed by atoms with Gasteiger partial charge in [-0.15, -0.1) is 0 Å². The average molecular weight is 358 g/mol. The first-order valence-corrected chi connectivity index (χ1v) is 9.91. The van der Waals surface area contributed by atoms with Crippen molar-refractivity contribution < 1.29 is 4.79 Å². The van der Waals surface area contributed by atoms with E-state index in [-0.39, 0.29) is 5.91 Å². The summed E-state index contributed by atoms with van der Waals surface area (Å²) in [6.45, 7) is 10.9. The highest BCUT2D eigenvalue weighted by Gasteiger charge is 2.28. The first-order valence-electron chi connectivity index (χ1n) is 9.91. The van der Waals surface area contributed by atoms with Crippen LogP contribution in [0.5, 0.6) is 0 Å². The molecule has 0 aliphatic carbocycles. The lowest BCUT2D eigenvalue weighted by atomic mass is 9.90. The molecule has 1 amide bonds. The zero-order valence-corrected chi connectivity index (χ0v) is 16.5. The molecule has 0 spiro atoms. The second-order valence-electron chi connectivity index (χ2n) is 7.66. The van der Waals surface area contributed by atoms with E-state index in [4.69, 9.17) is 0 Å². The van der Waals surface area contributed by atoms with Gasteiger partial charge in [-0.3, -0.25) is 14.6 Å². The average Bonchev–Trinajstić information content (AvgIpc) is 3.27. The number of hydrogen-bond acceptors (Lipinski definition) is 3. The summed E-state index contributed by atoms with van der Waals surface area (Å²) < 4.78 is 1.86. The lowest BCUT2D eigenvalue weighted by Crippen LogP contribution is -2.39. The standard InChI is InChI=1S/C20H31N5O/c1-5-15-13-21-22-19(15)16-7-9-24(10-8-16)20(26)18-12-17(11-14(3)4)23-25(18)6-2/h12-14,16H,5-11H2,1-4H3,(H,21,22). The minimum absolute atomic E-state index is 0.119. The summed E-state index contributed by atoms with van der Waals surface area (Å²) in [6, 6.07) is 1.99. The van der Waals surface area contributed by atoms with Gasteiger partial charge in [0.05, 0.1) is 11.9 Å². The van der Waals surface area contributed by atoms with Crippen LogP contribution in [0.4, 0.5) is 0 Å². The monoisotopic (exact) mass is 357 g/mol. The number of aryl methyl sites for hydroxylation is 2. The molecule has 1 aliphatic heterocycles. The summed E-state index contributed by atoms with van der Waals surface area (Å²) in [6.07, 6.45) is 5.82. The molecule has 0 radical (unpaired) electrons. The number of carbonyl (C=O) groups excluding carboxylic acids is 1. The predicted molar refractivity (Wildman–Crippen MR) is 102 cm³/mol. The first-order chi connectivity index (χ1) is 12.5. The van der Waals surface area contributed by atoms with Gasteiger partial charge in [-0.1, -0.05) is 20.8 Å². The minimum atomic E-state index is 0.119. The van der Waals surface area contributed by atoms with Crippen LogP contribution in [0.25, 0.3) is 0 Å². The van der Waals surface area contributed by atoms with E-state index in [9.17, 15) is 4.79 Å². The maximum Gasteiger partial charge on any atom is 0.272 e. The quantitative estimate of drug-likeness (QED) is 0.861. The van der Waals surface area contributed by atoms with E-state index in [1.54, 1.807) is 0 Å². The van der Waals surface area contributed by atoms with Crippen LogP contribution in [0, 0.1) is 5.92 Å². The van der Waals surface area contributed by atoms with Gasteiger partial charge in [0.1, 0.15) is 5.69 Å². The molecule has 2 aromatic rings. The van der Waals surface area contributed by atoms with Crippen LogP contribution in [0.15, 0.2) is 12.3 Å². The van der Waals surface area contributed by atoms with Gasteiger partial charge in [-0.2, -0.15) is 10.2 Å². The van der Waals surface area contributed by atoms with Gasteiger partial charge in [0, 0.05) is 31.2 Å². The van der Waals surface area contributed by atoms with E-state index in [1.165, 1.54) is 11.3 Å². The Labute approximate surface area is 156 Å². The summed E-state index contributed by atoms with van der Waals surface area (Å²) in [4.78, 5) is 15.0. The van der Waals surface area contributed by atoms with Gasteiger partial charge in [-0.25, -0.2) is 0 Å². The van der Waals surface area contributed by atoms with Crippen molar-refractivity contribution in [1.29, 1.82) is 0 Å². The molecule has 0 saturated carbocycles. The number of H-pyrrole nitrogens is 1. The number of nitrogens with zero attached hydrogens (tertiary/aromatic N) is 4. The van der Waals surface area contributed by atoms with Crippen molar-refractivity contribution in [3.8, 4) is 0 Å². The van der Waals surface area contributed by atoms with E-state index < -0.39 is 0 Å². The molecular formula is C20H31N5O. The lowest BCUT2D eigenvalue weighted by Gasteiger charge is -2.32. The smallest absolute Gasteiger partial charge is 0.272 e. The fraction of sp³-hybridized carbons (Fsp3) is 0.650. The molecule has 0 atom stereocenters. The summed E-state index contributed by atoms with van der Waals surface area (Å²) in [5.74, 6) is 1.13. The Morgan fingerprint density at radius 3 is 2.65 bits per heavy atom. The van der Waals surface area contributed by atoms with E-state index in [1.807, 2.05) is 28.8 Å². The third-order valence-corrected chi connectivity index (χ3v) is 5.29. The highest BCUT2D eigenvalue weighted by Crippen LogP contribution is 2.29. The molecule has 1 saturated heterocycles. The molecule has 26 heavy (non-hydrogen) atoms. The van der Waals surface area contributed by atoms with Gasteiger partial charge in [0.25, 0.3) is 5.91 Å². The molecule has 2 aromatic heterocycles. The molecule has 0 bridgehead atoms. The third kappa shape index (κ3) is 3.84. The fourth-order valence-corrected chi connectivity index (χ4v) is 3.89. The summed E-state index contributed by atoms with van der Waals surface area (Å²) in [5.41, 5.74) is 4.32. The summed E-state index contributed by atoms with van der Waals surface area (Å²) >= 11 is 0. The second-order valence-corrected chi connectivity index (χ2v) is 7.66. The van der Waals surface area contributed by atoms with Gasteiger partial charge in [0.15, 0.2) is 0 Å². The van der Waals surface area contributed by atoms with Gasteiger partial charge in [-0.05, 0) is 50.2 Å². The van der Waals surface area contributed by atoms with Crippen molar-refractivity contribution in [1.82, 2.24) is 24.9 Å². The fourth-order valence-electron chi connectivity index (χ4n) is 3.89. The molecule has 1 aliphatic rings. The molecule has 6 heteroatoms. The molecule has 142 valence electrons. The molecular weight excluding hydrogens is 326 g/mol. The molecule has 6 nitrogen and oxygen atoms in total.